The van der Waals surface area contributed by atoms with Gasteiger partial charge in [0.1, 0.15) is 6.17 Å². The van der Waals surface area contributed by atoms with Gasteiger partial charge in [-0.05, 0) is 42.5 Å². The number of carbonyl (C=O) groups is 1. The van der Waals surface area contributed by atoms with Gasteiger partial charge in [-0.2, -0.15) is 5.10 Å². The van der Waals surface area contributed by atoms with E-state index in [0.717, 1.165) is 53.7 Å². The largest absolute Gasteiger partial charge is 0.331 e. The highest BCUT2D eigenvalue weighted by Crippen LogP contribution is 2.26. The lowest BCUT2D eigenvalue weighted by Crippen LogP contribution is -2.40. The van der Waals surface area contributed by atoms with Crippen LogP contribution in [0.1, 0.15) is 35.1 Å². The number of amides is 1. The van der Waals surface area contributed by atoms with Crippen LogP contribution in [0.3, 0.4) is 0 Å². The van der Waals surface area contributed by atoms with E-state index in [2.05, 4.69) is 30.3 Å². The van der Waals surface area contributed by atoms with Crippen molar-refractivity contribution in [2.45, 2.75) is 19.0 Å². The molecular weight excluding hydrogens is 390 g/mol. The van der Waals surface area contributed by atoms with Crippen LogP contribution in [0.25, 0.3) is 22.0 Å². The zero-order chi connectivity index (χ0) is 21.2. The molecule has 4 aromatic heterocycles. The summed E-state index contributed by atoms with van der Waals surface area (Å²) in [5, 5.41) is 9.40. The summed E-state index contributed by atoms with van der Waals surface area (Å²) in [5.41, 5.74) is 3.23. The number of aromatic nitrogens is 5. The van der Waals surface area contributed by atoms with Crippen LogP contribution in [0, 0.1) is 0 Å². The maximum absolute atomic E-state index is 12.9. The number of nitrogens with one attached hydrogen (secondary N) is 1. The average Bonchev–Trinajstić information content (AvgIpc) is 3.49. The molecule has 0 aliphatic carbocycles. The molecule has 0 spiro atoms. The fraction of sp³-hybridized carbons (Fsp3) is 0.261. The maximum atomic E-state index is 12.9. The standard InChI is InChI=1S/C23H23N7O/c1-29-15-19(14-27-29)20-10-17-11-21(26-13-18(17)12-25-20)22(30-8-2-3-9-30)28-23(31)16-4-6-24-7-5-16/h4-7,10-15,22H,2-3,8-9H2,1H3,(H,28,31). The van der Waals surface area contributed by atoms with Gasteiger partial charge in [0, 0.05) is 67.6 Å². The van der Waals surface area contributed by atoms with Crippen LogP contribution in [0.2, 0.25) is 0 Å². The molecule has 8 nitrogen and oxygen atoms in total. The van der Waals surface area contributed by atoms with E-state index in [1.165, 1.54) is 0 Å². The molecule has 1 saturated heterocycles. The second kappa shape index (κ2) is 8.23. The Hall–Kier alpha value is -3.65. The maximum Gasteiger partial charge on any atom is 0.252 e. The van der Waals surface area contributed by atoms with Crippen molar-refractivity contribution in [3.63, 3.8) is 0 Å². The van der Waals surface area contributed by atoms with Crippen LogP contribution in [0.15, 0.2) is 61.4 Å². The van der Waals surface area contributed by atoms with Crippen molar-refractivity contribution in [1.29, 1.82) is 0 Å². The van der Waals surface area contributed by atoms with Crippen molar-refractivity contribution >= 4 is 16.7 Å². The Balaban J connectivity index is 1.50. The van der Waals surface area contributed by atoms with Gasteiger partial charge >= 0.3 is 0 Å². The highest BCUT2D eigenvalue weighted by atomic mass is 16.1. The second-order valence-corrected chi connectivity index (χ2v) is 7.78. The lowest BCUT2D eigenvalue weighted by atomic mass is 10.1. The Labute approximate surface area is 180 Å². The molecule has 1 atom stereocenters. The minimum absolute atomic E-state index is 0.132. The topological polar surface area (TPSA) is 88.8 Å². The van der Waals surface area contributed by atoms with E-state index < -0.39 is 0 Å². The van der Waals surface area contributed by atoms with E-state index >= 15 is 0 Å². The average molecular weight is 413 g/mol. The first-order valence-electron chi connectivity index (χ1n) is 10.4. The van der Waals surface area contributed by atoms with Crippen LogP contribution in [-0.2, 0) is 7.05 Å². The molecule has 8 heteroatoms. The van der Waals surface area contributed by atoms with Gasteiger partial charge in [-0.25, -0.2) is 0 Å². The van der Waals surface area contributed by atoms with Gasteiger partial charge in [0.2, 0.25) is 0 Å². The van der Waals surface area contributed by atoms with Gasteiger partial charge in [-0.3, -0.25) is 29.3 Å². The molecule has 0 saturated carbocycles. The van der Waals surface area contributed by atoms with Gasteiger partial charge in [-0.15, -0.1) is 0 Å². The zero-order valence-electron chi connectivity index (χ0n) is 17.3. The molecule has 0 aromatic carbocycles. The highest BCUT2D eigenvalue weighted by molar-refractivity contribution is 5.94. The number of fused-ring (bicyclic) bond motifs is 1. The van der Waals surface area contributed by atoms with E-state index in [1.54, 1.807) is 35.4 Å². The summed E-state index contributed by atoms with van der Waals surface area (Å²) in [5.74, 6) is -0.132. The Morgan fingerprint density at radius 1 is 1.03 bits per heavy atom. The van der Waals surface area contributed by atoms with E-state index in [9.17, 15) is 4.79 Å². The van der Waals surface area contributed by atoms with E-state index in [1.807, 2.05) is 37.8 Å². The zero-order valence-corrected chi connectivity index (χ0v) is 17.3. The fourth-order valence-electron chi connectivity index (χ4n) is 3.98. The quantitative estimate of drug-likeness (QED) is 0.541. The summed E-state index contributed by atoms with van der Waals surface area (Å²) in [6.07, 6.45) is 12.6. The number of nitrogens with zero attached hydrogens (tertiary/aromatic N) is 6. The fourth-order valence-corrected chi connectivity index (χ4v) is 3.98. The number of aryl methyl sites for hydroxylation is 1. The van der Waals surface area contributed by atoms with Gasteiger partial charge in [-0.1, -0.05) is 0 Å². The van der Waals surface area contributed by atoms with Crippen molar-refractivity contribution in [3.8, 4) is 11.3 Å². The van der Waals surface area contributed by atoms with Crippen molar-refractivity contribution in [2.75, 3.05) is 13.1 Å². The molecule has 1 unspecified atom stereocenters. The molecule has 5 heterocycles. The summed E-state index contributed by atoms with van der Waals surface area (Å²) in [6.45, 7) is 1.86. The number of likely N-dealkylation sites (tertiary alicyclic amines) is 1. The normalized spacial score (nSPS) is 15.3. The Kier molecular flexibility index (Phi) is 5.13. The number of pyridine rings is 3. The number of carbonyl (C=O) groups excluding carboxylic acids is 1. The molecule has 0 bridgehead atoms. The van der Waals surface area contributed by atoms with Gasteiger partial charge in [0.15, 0.2) is 0 Å². The molecule has 31 heavy (non-hydrogen) atoms. The third-order valence-electron chi connectivity index (χ3n) is 5.62. The van der Waals surface area contributed by atoms with Crippen LogP contribution in [0.4, 0.5) is 0 Å². The minimum atomic E-state index is -0.289. The van der Waals surface area contributed by atoms with Crippen LogP contribution in [-0.4, -0.2) is 48.6 Å². The number of hydrogen-bond acceptors (Lipinski definition) is 6. The summed E-state index contributed by atoms with van der Waals surface area (Å²) in [6, 6.07) is 7.53. The molecular formula is C23H23N7O. The van der Waals surface area contributed by atoms with E-state index in [-0.39, 0.29) is 12.1 Å². The smallest absolute Gasteiger partial charge is 0.252 e. The van der Waals surface area contributed by atoms with Crippen LogP contribution < -0.4 is 5.32 Å². The monoisotopic (exact) mass is 413 g/mol. The van der Waals surface area contributed by atoms with Crippen molar-refractivity contribution in [3.05, 3.63) is 72.7 Å². The number of hydrogen-bond donors (Lipinski definition) is 1. The predicted molar refractivity (Wildman–Crippen MR) is 117 cm³/mol. The molecule has 1 fully saturated rings. The Morgan fingerprint density at radius 3 is 2.55 bits per heavy atom. The molecule has 0 radical (unpaired) electrons. The minimum Gasteiger partial charge on any atom is -0.331 e. The first-order valence-corrected chi connectivity index (χ1v) is 10.4. The van der Waals surface area contributed by atoms with Crippen molar-refractivity contribution in [1.82, 2.24) is 34.9 Å². The second-order valence-electron chi connectivity index (χ2n) is 7.78. The first kappa shape index (κ1) is 19.3. The third kappa shape index (κ3) is 4.02. The molecule has 1 aliphatic rings. The van der Waals surface area contributed by atoms with Crippen molar-refractivity contribution in [2.24, 2.45) is 7.05 Å². The SMILES string of the molecule is Cn1cc(-c2cc3cc(C(NC(=O)c4ccncc4)N4CCCC4)ncc3cn2)cn1. The lowest BCUT2D eigenvalue weighted by Gasteiger charge is -2.28. The molecule has 1 amide bonds. The van der Waals surface area contributed by atoms with Crippen molar-refractivity contribution < 1.29 is 4.79 Å². The van der Waals surface area contributed by atoms with Gasteiger partial charge < -0.3 is 5.32 Å². The molecule has 1 N–H and O–H groups in total. The molecule has 5 rings (SSSR count). The predicted octanol–water partition coefficient (Wildman–Crippen LogP) is 2.95. The van der Waals surface area contributed by atoms with Gasteiger partial charge in [0.05, 0.1) is 17.6 Å². The summed E-state index contributed by atoms with van der Waals surface area (Å²) in [7, 11) is 1.89. The van der Waals surface area contributed by atoms with E-state index in [0.29, 0.717) is 5.56 Å². The lowest BCUT2D eigenvalue weighted by molar-refractivity contribution is 0.0868. The Morgan fingerprint density at radius 2 is 1.81 bits per heavy atom. The van der Waals surface area contributed by atoms with Gasteiger partial charge in [0.25, 0.3) is 5.91 Å². The van der Waals surface area contributed by atoms with Crippen LogP contribution in [0.5, 0.6) is 0 Å². The number of rotatable bonds is 5. The highest BCUT2D eigenvalue weighted by Gasteiger charge is 2.26. The molecule has 156 valence electrons. The third-order valence-corrected chi connectivity index (χ3v) is 5.62. The summed E-state index contributed by atoms with van der Waals surface area (Å²) < 4.78 is 1.76. The van der Waals surface area contributed by atoms with Crippen LogP contribution >= 0.6 is 0 Å². The Bertz CT molecular complexity index is 1220. The molecule has 4 aromatic rings. The first-order chi connectivity index (χ1) is 15.2. The van der Waals surface area contributed by atoms with E-state index in [4.69, 9.17) is 0 Å². The summed E-state index contributed by atoms with van der Waals surface area (Å²) in [4.78, 5) is 28.4. The summed E-state index contributed by atoms with van der Waals surface area (Å²) >= 11 is 0. The molecule has 1 aliphatic heterocycles.